The monoisotopic (exact) mass is 442 g/mol. The van der Waals surface area contributed by atoms with Crippen LogP contribution in [0.3, 0.4) is 0 Å². The van der Waals surface area contributed by atoms with Crippen molar-refractivity contribution in [1.82, 2.24) is 15.1 Å². The van der Waals surface area contributed by atoms with Crippen LogP contribution in [0.2, 0.25) is 10.0 Å². The van der Waals surface area contributed by atoms with Gasteiger partial charge in [0.25, 0.3) is 5.91 Å². The molecule has 2 aromatic carbocycles. The van der Waals surface area contributed by atoms with E-state index in [0.717, 1.165) is 11.4 Å². The average Bonchev–Trinajstić information content (AvgIpc) is 2.79. The van der Waals surface area contributed by atoms with Crippen LogP contribution in [0, 0.1) is 0 Å². The van der Waals surface area contributed by atoms with E-state index in [9.17, 15) is 4.79 Å². The van der Waals surface area contributed by atoms with E-state index in [1.807, 2.05) is 35.2 Å². The number of amides is 1. The van der Waals surface area contributed by atoms with Gasteiger partial charge in [0.1, 0.15) is 5.75 Å². The highest BCUT2D eigenvalue weighted by atomic mass is 35.5. The number of aromatic nitrogens is 2. The fraction of sp³-hybridized carbons (Fsp3) is 0.227. The molecule has 6 nitrogen and oxygen atoms in total. The summed E-state index contributed by atoms with van der Waals surface area (Å²) in [5, 5.41) is 9.79. The highest BCUT2D eigenvalue weighted by Gasteiger charge is 2.25. The highest BCUT2D eigenvalue weighted by molar-refractivity contribution is 6.36. The van der Waals surface area contributed by atoms with E-state index in [0.29, 0.717) is 53.2 Å². The summed E-state index contributed by atoms with van der Waals surface area (Å²) in [6, 6.07) is 16.4. The fourth-order valence-corrected chi connectivity index (χ4v) is 3.97. The number of benzene rings is 2. The van der Waals surface area contributed by atoms with Crippen molar-refractivity contribution >= 4 is 34.9 Å². The van der Waals surface area contributed by atoms with Crippen LogP contribution >= 0.6 is 23.2 Å². The molecule has 3 aromatic rings. The molecule has 0 aliphatic carbocycles. The number of piperazine rings is 1. The number of rotatable bonds is 4. The standard InChI is InChI=1S/C22H20Cl2N4O2/c1-30-20-5-3-2-4-17(20)22(29)28-12-10-27(11-13-28)21-9-8-19(25-26-21)16-7-6-15(23)14-18(16)24/h2-9,14H,10-13H2,1H3. The van der Waals surface area contributed by atoms with E-state index in [2.05, 4.69) is 15.1 Å². The van der Waals surface area contributed by atoms with Gasteiger partial charge in [-0.05, 0) is 42.5 Å². The Morgan fingerprint density at radius 3 is 2.40 bits per heavy atom. The molecule has 1 aliphatic rings. The molecular weight excluding hydrogens is 423 g/mol. The summed E-state index contributed by atoms with van der Waals surface area (Å²) in [6.07, 6.45) is 0. The lowest BCUT2D eigenvalue weighted by Crippen LogP contribution is -2.49. The first kappa shape index (κ1) is 20.4. The molecule has 1 amide bonds. The van der Waals surface area contributed by atoms with E-state index in [4.69, 9.17) is 27.9 Å². The molecule has 1 aliphatic heterocycles. The molecule has 1 fully saturated rings. The number of ether oxygens (including phenoxy) is 1. The SMILES string of the molecule is COc1ccccc1C(=O)N1CCN(c2ccc(-c3ccc(Cl)cc3Cl)nn2)CC1. The number of methoxy groups -OCH3 is 1. The fourth-order valence-electron chi connectivity index (χ4n) is 3.47. The van der Waals surface area contributed by atoms with Crippen LogP contribution in [0.1, 0.15) is 10.4 Å². The third-order valence-corrected chi connectivity index (χ3v) is 5.63. The average molecular weight is 443 g/mol. The molecule has 0 spiro atoms. The van der Waals surface area contributed by atoms with Gasteiger partial charge in [0.15, 0.2) is 5.82 Å². The van der Waals surface area contributed by atoms with Crippen LogP contribution in [-0.4, -0.2) is 54.3 Å². The Labute approximate surface area is 185 Å². The van der Waals surface area contributed by atoms with Gasteiger partial charge in [0.2, 0.25) is 0 Å². The van der Waals surface area contributed by atoms with E-state index in [1.54, 1.807) is 31.4 Å². The van der Waals surface area contributed by atoms with Gasteiger partial charge < -0.3 is 14.5 Å². The van der Waals surface area contributed by atoms with Gasteiger partial charge in [-0.25, -0.2) is 0 Å². The zero-order chi connectivity index (χ0) is 21.1. The number of hydrogen-bond donors (Lipinski definition) is 0. The molecule has 0 bridgehead atoms. The number of para-hydroxylation sites is 1. The summed E-state index contributed by atoms with van der Waals surface area (Å²) < 4.78 is 5.32. The summed E-state index contributed by atoms with van der Waals surface area (Å²) >= 11 is 12.2. The van der Waals surface area contributed by atoms with Crippen molar-refractivity contribution < 1.29 is 9.53 Å². The first-order valence-electron chi connectivity index (χ1n) is 9.53. The van der Waals surface area contributed by atoms with E-state index in [1.165, 1.54) is 0 Å². The van der Waals surface area contributed by atoms with Crippen LogP contribution in [0.15, 0.2) is 54.6 Å². The van der Waals surface area contributed by atoms with Crippen LogP contribution in [-0.2, 0) is 0 Å². The lowest BCUT2D eigenvalue weighted by molar-refractivity contribution is 0.0743. The Balaban J connectivity index is 1.42. The first-order chi connectivity index (χ1) is 14.6. The van der Waals surface area contributed by atoms with E-state index < -0.39 is 0 Å². The second-order valence-electron chi connectivity index (χ2n) is 6.88. The molecule has 8 heteroatoms. The Bertz CT molecular complexity index is 1050. The van der Waals surface area contributed by atoms with Gasteiger partial charge in [0.05, 0.1) is 23.4 Å². The number of anilines is 1. The van der Waals surface area contributed by atoms with Gasteiger partial charge in [-0.1, -0.05) is 35.3 Å². The number of carbonyl (C=O) groups is 1. The molecule has 154 valence electrons. The minimum Gasteiger partial charge on any atom is -0.496 e. The molecule has 2 heterocycles. The Hall–Kier alpha value is -2.83. The molecular formula is C22H20Cl2N4O2. The van der Waals surface area contributed by atoms with Gasteiger partial charge in [-0.2, -0.15) is 0 Å². The lowest BCUT2D eigenvalue weighted by atomic mass is 10.1. The quantitative estimate of drug-likeness (QED) is 0.598. The summed E-state index contributed by atoms with van der Waals surface area (Å²) in [7, 11) is 1.57. The molecule has 4 rings (SSSR count). The summed E-state index contributed by atoms with van der Waals surface area (Å²) in [6.45, 7) is 2.56. The molecule has 0 N–H and O–H groups in total. The van der Waals surface area contributed by atoms with Crippen LogP contribution < -0.4 is 9.64 Å². The van der Waals surface area contributed by atoms with Crippen molar-refractivity contribution in [1.29, 1.82) is 0 Å². The summed E-state index contributed by atoms with van der Waals surface area (Å²) in [5.74, 6) is 1.34. The maximum absolute atomic E-state index is 12.9. The van der Waals surface area contributed by atoms with E-state index in [-0.39, 0.29) is 5.91 Å². The Kier molecular flexibility index (Phi) is 6.06. The van der Waals surface area contributed by atoms with Gasteiger partial charge >= 0.3 is 0 Å². The van der Waals surface area contributed by atoms with Crippen molar-refractivity contribution in [3.63, 3.8) is 0 Å². The van der Waals surface area contributed by atoms with Gasteiger partial charge in [0, 0.05) is 36.8 Å². The summed E-state index contributed by atoms with van der Waals surface area (Å²) in [5.41, 5.74) is 2.05. The third-order valence-electron chi connectivity index (χ3n) is 5.09. The summed E-state index contributed by atoms with van der Waals surface area (Å²) in [4.78, 5) is 16.8. The Morgan fingerprint density at radius 2 is 1.73 bits per heavy atom. The number of carbonyl (C=O) groups excluding carboxylic acids is 1. The molecule has 1 saturated heterocycles. The molecule has 30 heavy (non-hydrogen) atoms. The molecule has 0 unspecified atom stereocenters. The van der Waals surface area contributed by atoms with Crippen molar-refractivity contribution in [2.24, 2.45) is 0 Å². The molecule has 0 atom stereocenters. The normalized spacial score (nSPS) is 14.0. The maximum atomic E-state index is 12.9. The molecule has 0 saturated carbocycles. The largest absolute Gasteiger partial charge is 0.496 e. The predicted molar refractivity (Wildman–Crippen MR) is 119 cm³/mol. The van der Waals surface area contributed by atoms with E-state index >= 15 is 0 Å². The number of nitrogens with zero attached hydrogens (tertiary/aromatic N) is 4. The molecule has 1 aromatic heterocycles. The second-order valence-corrected chi connectivity index (χ2v) is 7.72. The number of halogens is 2. The lowest BCUT2D eigenvalue weighted by Gasteiger charge is -2.35. The van der Waals surface area contributed by atoms with Crippen molar-refractivity contribution in [3.05, 3.63) is 70.2 Å². The van der Waals surface area contributed by atoms with Gasteiger partial charge in [-0.3, -0.25) is 4.79 Å². The third kappa shape index (κ3) is 4.20. The zero-order valence-electron chi connectivity index (χ0n) is 16.4. The highest BCUT2D eigenvalue weighted by Crippen LogP contribution is 2.29. The molecule has 0 radical (unpaired) electrons. The Morgan fingerprint density at radius 1 is 0.967 bits per heavy atom. The zero-order valence-corrected chi connectivity index (χ0v) is 17.9. The first-order valence-corrected chi connectivity index (χ1v) is 10.3. The minimum atomic E-state index is -0.0223. The van der Waals surface area contributed by atoms with Crippen molar-refractivity contribution in [3.8, 4) is 17.0 Å². The van der Waals surface area contributed by atoms with Crippen LogP contribution in [0.25, 0.3) is 11.3 Å². The van der Waals surface area contributed by atoms with Crippen molar-refractivity contribution in [2.45, 2.75) is 0 Å². The topological polar surface area (TPSA) is 58.6 Å². The second kappa shape index (κ2) is 8.90. The van der Waals surface area contributed by atoms with Crippen molar-refractivity contribution in [2.75, 3.05) is 38.2 Å². The van der Waals surface area contributed by atoms with Crippen LogP contribution in [0.4, 0.5) is 5.82 Å². The minimum absolute atomic E-state index is 0.0223. The smallest absolute Gasteiger partial charge is 0.257 e. The van der Waals surface area contributed by atoms with Crippen LogP contribution in [0.5, 0.6) is 5.75 Å². The predicted octanol–water partition coefficient (Wildman–Crippen LogP) is 4.42. The maximum Gasteiger partial charge on any atom is 0.257 e. The van der Waals surface area contributed by atoms with Gasteiger partial charge in [-0.15, -0.1) is 10.2 Å². The number of hydrogen-bond acceptors (Lipinski definition) is 5.